The van der Waals surface area contributed by atoms with E-state index in [0.29, 0.717) is 5.11 Å². The first-order chi connectivity index (χ1) is 10.9. The fourth-order valence-corrected chi connectivity index (χ4v) is 3.24. The Kier molecular flexibility index (Phi) is 4.26. The van der Waals surface area contributed by atoms with E-state index in [-0.39, 0.29) is 11.6 Å². The van der Waals surface area contributed by atoms with E-state index in [1.165, 1.54) is 5.56 Å². The largest absolute Gasteiger partial charge is 0.487 e. The average Bonchev–Trinajstić information content (AvgIpc) is 2.46. The fourth-order valence-electron chi connectivity index (χ4n) is 2.98. The van der Waals surface area contributed by atoms with Gasteiger partial charge in [0.25, 0.3) is 0 Å². The Balaban J connectivity index is 1.75. The van der Waals surface area contributed by atoms with Crippen molar-refractivity contribution in [2.24, 2.45) is 0 Å². The van der Waals surface area contributed by atoms with Gasteiger partial charge in [-0.25, -0.2) is 0 Å². The molecule has 0 spiro atoms. The predicted molar refractivity (Wildman–Crippen MR) is 99.0 cm³/mol. The van der Waals surface area contributed by atoms with Gasteiger partial charge >= 0.3 is 0 Å². The van der Waals surface area contributed by atoms with Crippen molar-refractivity contribution < 1.29 is 4.74 Å². The van der Waals surface area contributed by atoms with Gasteiger partial charge in [-0.15, -0.1) is 0 Å². The van der Waals surface area contributed by atoms with Gasteiger partial charge in [0.2, 0.25) is 0 Å². The van der Waals surface area contributed by atoms with Gasteiger partial charge < -0.3 is 15.4 Å². The molecule has 2 N–H and O–H groups in total. The van der Waals surface area contributed by atoms with Crippen LogP contribution < -0.4 is 15.4 Å². The van der Waals surface area contributed by atoms with Crippen molar-refractivity contribution >= 4 is 23.0 Å². The molecule has 1 unspecified atom stereocenters. The van der Waals surface area contributed by atoms with Crippen LogP contribution in [0.2, 0.25) is 0 Å². The minimum Gasteiger partial charge on any atom is -0.487 e. The Morgan fingerprint density at radius 3 is 2.74 bits per heavy atom. The summed E-state index contributed by atoms with van der Waals surface area (Å²) >= 11 is 5.50. The zero-order valence-corrected chi connectivity index (χ0v) is 14.5. The molecule has 2 aromatic carbocycles. The molecule has 3 nitrogen and oxygen atoms in total. The highest BCUT2D eigenvalue weighted by Gasteiger charge is 2.33. The second-order valence-corrected chi connectivity index (χ2v) is 7.03. The Bertz CT molecular complexity index is 727. The number of para-hydroxylation sites is 1. The lowest BCUT2D eigenvalue weighted by Gasteiger charge is -2.38. The van der Waals surface area contributed by atoms with Crippen molar-refractivity contribution in [3.05, 3.63) is 59.7 Å². The molecule has 4 heteroatoms. The first kappa shape index (κ1) is 15.8. The number of benzene rings is 2. The molecular formula is C19H22N2OS. The third kappa shape index (κ3) is 3.82. The maximum Gasteiger partial charge on any atom is 0.171 e. The van der Waals surface area contributed by atoms with Crippen LogP contribution in [-0.4, -0.2) is 10.7 Å². The molecule has 0 aromatic heterocycles. The summed E-state index contributed by atoms with van der Waals surface area (Å²) in [6, 6.07) is 16.5. The molecule has 1 heterocycles. The Morgan fingerprint density at radius 2 is 1.96 bits per heavy atom. The lowest BCUT2D eigenvalue weighted by atomic mass is 9.90. The quantitative estimate of drug-likeness (QED) is 0.791. The predicted octanol–water partition coefficient (Wildman–Crippen LogP) is 4.58. The van der Waals surface area contributed by atoms with Gasteiger partial charge in [-0.2, -0.15) is 0 Å². The smallest absolute Gasteiger partial charge is 0.171 e. The number of anilines is 1. The minimum atomic E-state index is -0.217. The number of thiocarbonyl (C=S) groups is 1. The Morgan fingerprint density at radius 1 is 1.17 bits per heavy atom. The summed E-state index contributed by atoms with van der Waals surface area (Å²) < 4.78 is 6.06. The van der Waals surface area contributed by atoms with E-state index in [9.17, 15) is 0 Å². The van der Waals surface area contributed by atoms with Crippen LogP contribution in [0.4, 0.5) is 5.69 Å². The second-order valence-electron chi connectivity index (χ2n) is 6.62. The van der Waals surface area contributed by atoms with E-state index in [2.05, 4.69) is 49.6 Å². The van der Waals surface area contributed by atoms with Gasteiger partial charge in [0, 0.05) is 17.7 Å². The number of hydrogen-bond donors (Lipinski definition) is 2. The molecule has 0 bridgehead atoms. The summed E-state index contributed by atoms with van der Waals surface area (Å²) in [7, 11) is 0. The van der Waals surface area contributed by atoms with Crippen LogP contribution in [0.1, 0.15) is 37.4 Å². The summed E-state index contributed by atoms with van der Waals surface area (Å²) in [5.41, 5.74) is 3.14. The molecule has 1 aliphatic heterocycles. The van der Waals surface area contributed by atoms with Crippen LogP contribution in [-0.2, 0) is 0 Å². The van der Waals surface area contributed by atoms with Crippen LogP contribution in [0.3, 0.4) is 0 Å². The molecule has 0 radical (unpaired) electrons. The molecule has 1 atom stereocenters. The van der Waals surface area contributed by atoms with Crippen molar-refractivity contribution in [2.45, 2.75) is 38.8 Å². The maximum absolute atomic E-state index is 6.06. The average molecular weight is 326 g/mol. The monoisotopic (exact) mass is 326 g/mol. The third-order valence-corrected chi connectivity index (χ3v) is 4.18. The topological polar surface area (TPSA) is 33.3 Å². The summed E-state index contributed by atoms with van der Waals surface area (Å²) in [4.78, 5) is 0. The molecule has 0 amide bonds. The van der Waals surface area contributed by atoms with Gasteiger partial charge in [0.15, 0.2) is 5.11 Å². The standard InChI is InChI=1S/C19H22N2OS/c1-13-7-6-8-14(11-13)20-18(23)21-16-12-19(2,3)22-17-10-5-4-9-15(16)17/h4-11,16H,12H2,1-3H3,(H2,20,21,23). The maximum atomic E-state index is 6.06. The first-order valence-electron chi connectivity index (χ1n) is 7.85. The van der Waals surface area contributed by atoms with Gasteiger partial charge in [0.05, 0.1) is 6.04 Å². The van der Waals surface area contributed by atoms with Gasteiger partial charge in [-0.3, -0.25) is 0 Å². The molecule has 1 aliphatic rings. The number of nitrogens with one attached hydrogen (secondary N) is 2. The summed E-state index contributed by atoms with van der Waals surface area (Å²) in [6.07, 6.45) is 0.861. The van der Waals surface area contributed by atoms with Crippen molar-refractivity contribution in [3.63, 3.8) is 0 Å². The van der Waals surface area contributed by atoms with Gasteiger partial charge in [-0.05, 0) is 56.8 Å². The molecule has 0 aliphatic carbocycles. The number of ether oxygens (including phenoxy) is 1. The number of fused-ring (bicyclic) bond motifs is 1. The van der Waals surface area contributed by atoms with Crippen LogP contribution in [0.25, 0.3) is 0 Å². The van der Waals surface area contributed by atoms with E-state index >= 15 is 0 Å². The van der Waals surface area contributed by atoms with Crippen LogP contribution in [0.5, 0.6) is 5.75 Å². The lowest BCUT2D eigenvalue weighted by molar-refractivity contribution is 0.0697. The van der Waals surface area contributed by atoms with Gasteiger partial charge in [-0.1, -0.05) is 30.3 Å². The Labute approximate surface area is 143 Å². The molecule has 0 fully saturated rings. The summed E-state index contributed by atoms with van der Waals surface area (Å²) in [5.74, 6) is 0.930. The number of aryl methyl sites for hydroxylation is 1. The molecule has 120 valence electrons. The fraction of sp³-hybridized carbons (Fsp3) is 0.316. The first-order valence-corrected chi connectivity index (χ1v) is 8.26. The SMILES string of the molecule is Cc1cccc(NC(=S)NC2CC(C)(C)Oc3ccccc32)c1. The van der Waals surface area contributed by atoms with Crippen LogP contribution in [0, 0.1) is 6.92 Å². The van der Waals surface area contributed by atoms with Crippen molar-refractivity contribution in [1.82, 2.24) is 5.32 Å². The van der Waals surface area contributed by atoms with E-state index in [4.69, 9.17) is 17.0 Å². The zero-order valence-electron chi connectivity index (χ0n) is 13.7. The van der Waals surface area contributed by atoms with E-state index in [1.807, 2.05) is 30.3 Å². The highest BCUT2D eigenvalue weighted by Crippen LogP contribution is 2.39. The van der Waals surface area contributed by atoms with Crippen molar-refractivity contribution in [2.75, 3.05) is 5.32 Å². The summed E-state index contributed by atoms with van der Waals surface area (Å²) in [5, 5.41) is 7.34. The molecule has 2 aromatic rings. The van der Waals surface area contributed by atoms with E-state index in [0.717, 1.165) is 23.4 Å². The minimum absolute atomic E-state index is 0.139. The molecule has 3 rings (SSSR count). The molecular weight excluding hydrogens is 304 g/mol. The van der Waals surface area contributed by atoms with E-state index < -0.39 is 0 Å². The Hall–Kier alpha value is -2.07. The van der Waals surface area contributed by atoms with Crippen LogP contribution in [0.15, 0.2) is 48.5 Å². The number of rotatable bonds is 2. The van der Waals surface area contributed by atoms with Crippen molar-refractivity contribution in [1.29, 1.82) is 0 Å². The molecule has 23 heavy (non-hydrogen) atoms. The summed E-state index contributed by atoms with van der Waals surface area (Å²) in [6.45, 7) is 6.28. The highest BCUT2D eigenvalue weighted by atomic mass is 32.1. The lowest BCUT2D eigenvalue weighted by Crippen LogP contribution is -2.42. The van der Waals surface area contributed by atoms with E-state index in [1.54, 1.807) is 0 Å². The third-order valence-electron chi connectivity index (χ3n) is 3.96. The highest BCUT2D eigenvalue weighted by molar-refractivity contribution is 7.80. The zero-order chi connectivity index (χ0) is 16.4. The van der Waals surface area contributed by atoms with Crippen LogP contribution >= 0.6 is 12.2 Å². The molecule has 0 saturated carbocycles. The normalized spacial score (nSPS) is 18.5. The van der Waals surface area contributed by atoms with Gasteiger partial charge in [0.1, 0.15) is 11.4 Å². The van der Waals surface area contributed by atoms with Crippen molar-refractivity contribution in [3.8, 4) is 5.75 Å². The second kappa shape index (κ2) is 6.20. The number of hydrogen-bond acceptors (Lipinski definition) is 2. The molecule has 0 saturated heterocycles.